The Labute approximate surface area is 83.7 Å². The van der Waals surface area contributed by atoms with Crippen molar-refractivity contribution in [3.63, 3.8) is 0 Å². The zero-order valence-electron chi connectivity index (χ0n) is 8.92. The summed E-state index contributed by atoms with van der Waals surface area (Å²) in [6.45, 7) is 7.41. The Morgan fingerprint density at radius 3 is 2.79 bits per heavy atom. The third kappa shape index (κ3) is 4.07. The van der Waals surface area contributed by atoms with E-state index in [2.05, 4.69) is 36.3 Å². The zero-order valence-corrected chi connectivity index (χ0v) is 8.92. The van der Waals surface area contributed by atoms with Crippen molar-refractivity contribution in [1.29, 1.82) is 0 Å². The second-order valence-electron chi connectivity index (χ2n) is 4.57. The highest BCUT2D eigenvalue weighted by Gasteiger charge is 2.08. The van der Waals surface area contributed by atoms with Gasteiger partial charge in [-0.3, -0.25) is 4.79 Å². The van der Waals surface area contributed by atoms with Crippen molar-refractivity contribution in [2.24, 2.45) is 5.41 Å². The molecule has 4 nitrogen and oxygen atoms in total. The summed E-state index contributed by atoms with van der Waals surface area (Å²) in [5, 5.41) is 9.19. The van der Waals surface area contributed by atoms with Gasteiger partial charge in [-0.05, 0) is 11.8 Å². The second-order valence-corrected chi connectivity index (χ2v) is 4.57. The average Bonchev–Trinajstić information content (AvgIpc) is 2.01. The Balaban J connectivity index is 2.43. The van der Waals surface area contributed by atoms with Gasteiger partial charge in [-0.1, -0.05) is 20.8 Å². The standard InChI is InChI=1S/C10H17N3O/c1-10(2,3)4-5-11-8-6-9(14)13-12-7-8/h6-7H,4-5H2,1-3H3,(H2,11,13,14). The number of nitrogens with zero attached hydrogens (tertiary/aromatic N) is 1. The predicted molar refractivity (Wildman–Crippen MR) is 57.4 cm³/mol. The monoisotopic (exact) mass is 195 g/mol. The predicted octanol–water partition coefficient (Wildman–Crippen LogP) is 1.62. The van der Waals surface area contributed by atoms with Gasteiger partial charge in [0.25, 0.3) is 5.56 Å². The molecule has 0 amide bonds. The fourth-order valence-corrected chi connectivity index (χ4v) is 1.05. The maximum absolute atomic E-state index is 10.9. The number of H-pyrrole nitrogens is 1. The van der Waals surface area contributed by atoms with Gasteiger partial charge < -0.3 is 5.32 Å². The second kappa shape index (κ2) is 4.26. The molecule has 2 N–H and O–H groups in total. The van der Waals surface area contributed by atoms with Crippen LogP contribution in [0.25, 0.3) is 0 Å². The highest BCUT2D eigenvalue weighted by Crippen LogP contribution is 2.17. The van der Waals surface area contributed by atoms with Crippen LogP contribution in [-0.4, -0.2) is 16.7 Å². The summed E-state index contributed by atoms with van der Waals surface area (Å²) in [5.74, 6) is 0. The van der Waals surface area contributed by atoms with Crippen molar-refractivity contribution in [2.75, 3.05) is 11.9 Å². The molecule has 0 radical (unpaired) electrons. The van der Waals surface area contributed by atoms with E-state index in [1.165, 1.54) is 6.07 Å². The molecule has 0 bridgehead atoms. The van der Waals surface area contributed by atoms with Crippen LogP contribution in [0.5, 0.6) is 0 Å². The van der Waals surface area contributed by atoms with E-state index in [4.69, 9.17) is 0 Å². The molecule has 14 heavy (non-hydrogen) atoms. The first-order chi connectivity index (χ1) is 6.47. The Morgan fingerprint density at radius 2 is 2.21 bits per heavy atom. The van der Waals surface area contributed by atoms with Gasteiger partial charge in [0.2, 0.25) is 0 Å². The quantitative estimate of drug-likeness (QED) is 0.770. The molecular weight excluding hydrogens is 178 g/mol. The molecule has 0 aliphatic rings. The smallest absolute Gasteiger partial charge is 0.266 e. The zero-order chi connectivity index (χ0) is 10.6. The number of aromatic amines is 1. The largest absolute Gasteiger partial charge is 0.384 e. The summed E-state index contributed by atoms with van der Waals surface area (Å²) >= 11 is 0. The molecule has 0 aromatic carbocycles. The topological polar surface area (TPSA) is 57.8 Å². The van der Waals surface area contributed by atoms with Crippen molar-refractivity contribution in [3.05, 3.63) is 22.6 Å². The van der Waals surface area contributed by atoms with Gasteiger partial charge in [0.1, 0.15) is 0 Å². The molecule has 0 atom stereocenters. The third-order valence-electron chi connectivity index (χ3n) is 1.87. The Kier molecular flexibility index (Phi) is 3.28. The summed E-state index contributed by atoms with van der Waals surface area (Å²) in [7, 11) is 0. The molecule has 0 saturated heterocycles. The minimum Gasteiger partial charge on any atom is -0.384 e. The van der Waals surface area contributed by atoms with Gasteiger partial charge in [0.05, 0.1) is 11.9 Å². The van der Waals surface area contributed by atoms with E-state index >= 15 is 0 Å². The molecule has 1 aromatic heterocycles. The van der Waals surface area contributed by atoms with Gasteiger partial charge >= 0.3 is 0 Å². The molecule has 0 unspecified atom stereocenters. The highest BCUT2D eigenvalue weighted by atomic mass is 16.1. The number of aromatic nitrogens is 2. The van der Waals surface area contributed by atoms with Gasteiger partial charge in [-0.2, -0.15) is 5.10 Å². The minimum absolute atomic E-state index is 0.175. The van der Waals surface area contributed by atoms with Crippen LogP contribution in [0.3, 0.4) is 0 Å². The Morgan fingerprint density at radius 1 is 1.50 bits per heavy atom. The van der Waals surface area contributed by atoms with E-state index in [1.54, 1.807) is 6.20 Å². The molecule has 78 valence electrons. The first kappa shape index (κ1) is 10.8. The lowest BCUT2D eigenvalue weighted by atomic mass is 9.92. The first-order valence-corrected chi connectivity index (χ1v) is 4.76. The van der Waals surface area contributed by atoms with Crippen LogP contribution < -0.4 is 10.9 Å². The van der Waals surface area contributed by atoms with Crippen LogP contribution in [-0.2, 0) is 0 Å². The van der Waals surface area contributed by atoms with E-state index in [0.29, 0.717) is 5.41 Å². The van der Waals surface area contributed by atoms with Crippen molar-refractivity contribution in [3.8, 4) is 0 Å². The molecular formula is C10H17N3O. The summed E-state index contributed by atoms with van der Waals surface area (Å²) < 4.78 is 0. The SMILES string of the molecule is CC(C)(C)CCNc1cn[nH]c(=O)c1. The molecule has 4 heteroatoms. The lowest BCUT2D eigenvalue weighted by molar-refractivity contribution is 0.390. The summed E-state index contributed by atoms with van der Waals surface area (Å²) in [6, 6.07) is 1.51. The van der Waals surface area contributed by atoms with Gasteiger partial charge in [-0.25, -0.2) is 5.10 Å². The fourth-order valence-electron chi connectivity index (χ4n) is 1.05. The van der Waals surface area contributed by atoms with Gasteiger partial charge in [0.15, 0.2) is 0 Å². The number of hydrogen-bond acceptors (Lipinski definition) is 3. The number of rotatable bonds is 3. The van der Waals surface area contributed by atoms with Crippen LogP contribution in [0, 0.1) is 5.41 Å². The van der Waals surface area contributed by atoms with E-state index in [0.717, 1.165) is 18.7 Å². The molecule has 1 rings (SSSR count). The van der Waals surface area contributed by atoms with Crippen LogP contribution in [0.4, 0.5) is 5.69 Å². The van der Waals surface area contributed by atoms with Crippen LogP contribution >= 0.6 is 0 Å². The lowest BCUT2D eigenvalue weighted by Crippen LogP contribution is -2.14. The number of hydrogen-bond donors (Lipinski definition) is 2. The Bertz CT molecular complexity index is 338. The van der Waals surface area contributed by atoms with Crippen LogP contribution in [0.2, 0.25) is 0 Å². The summed E-state index contributed by atoms with van der Waals surface area (Å²) in [6.07, 6.45) is 2.67. The van der Waals surface area contributed by atoms with Gasteiger partial charge in [0, 0.05) is 12.6 Å². The third-order valence-corrected chi connectivity index (χ3v) is 1.87. The molecule has 1 heterocycles. The molecule has 0 aliphatic heterocycles. The first-order valence-electron chi connectivity index (χ1n) is 4.76. The van der Waals surface area contributed by atoms with E-state index in [1.807, 2.05) is 0 Å². The molecule has 0 fully saturated rings. The number of anilines is 1. The van der Waals surface area contributed by atoms with Crippen LogP contribution in [0.15, 0.2) is 17.1 Å². The van der Waals surface area contributed by atoms with Crippen molar-refractivity contribution >= 4 is 5.69 Å². The molecule has 0 saturated carbocycles. The molecule has 0 aliphatic carbocycles. The van der Waals surface area contributed by atoms with Crippen molar-refractivity contribution in [1.82, 2.24) is 10.2 Å². The molecule has 1 aromatic rings. The van der Waals surface area contributed by atoms with Crippen LogP contribution in [0.1, 0.15) is 27.2 Å². The number of nitrogens with one attached hydrogen (secondary N) is 2. The van der Waals surface area contributed by atoms with E-state index in [-0.39, 0.29) is 5.56 Å². The van der Waals surface area contributed by atoms with E-state index in [9.17, 15) is 4.79 Å². The maximum atomic E-state index is 10.9. The Hall–Kier alpha value is -1.32. The van der Waals surface area contributed by atoms with Gasteiger partial charge in [-0.15, -0.1) is 0 Å². The lowest BCUT2D eigenvalue weighted by Gasteiger charge is -2.18. The fraction of sp³-hybridized carbons (Fsp3) is 0.600. The highest BCUT2D eigenvalue weighted by molar-refractivity contribution is 5.38. The van der Waals surface area contributed by atoms with Crippen molar-refractivity contribution in [2.45, 2.75) is 27.2 Å². The van der Waals surface area contributed by atoms with E-state index < -0.39 is 0 Å². The minimum atomic E-state index is -0.175. The average molecular weight is 195 g/mol. The molecule has 0 spiro atoms. The van der Waals surface area contributed by atoms with Crippen molar-refractivity contribution < 1.29 is 0 Å². The normalized spacial score (nSPS) is 11.4. The summed E-state index contributed by atoms with van der Waals surface area (Å²) in [4.78, 5) is 10.9. The summed E-state index contributed by atoms with van der Waals surface area (Å²) in [5.41, 5.74) is 0.908. The maximum Gasteiger partial charge on any atom is 0.266 e.